The minimum Gasteiger partial charge on any atom is -0.544 e. The molecule has 0 fully saturated rings. The number of quaternary nitrogens is 1. The van der Waals surface area contributed by atoms with Crippen LogP contribution in [0.25, 0.3) is 0 Å². The summed E-state index contributed by atoms with van der Waals surface area (Å²) in [6, 6.07) is -0.717. The molecule has 0 aromatic carbocycles. The fourth-order valence-corrected chi connectivity index (χ4v) is 5.28. The number of nitrogens with zero attached hydrogens (tertiary/aromatic N) is 1. The zero-order valence-electron chi connectivity index (χ0n) is 29.8. The Kier molecular flexibility index (Phi) is 28.2. The van der Waals surface area contributed by atoms with Crippen molar-refractivity contribution in [2.45, 2.75) is 167 Å². The number of carbonyl (C=O) groups excluding carboxylic acids is 3. The van der Waals surface area contributed by atoms with Crippen LogP contribution >= 0.6 is 0 Å². The highest BCUT2D eigenvalue weighted by molar-refractivity contribution is 5.70. The molecule has 0 amide bonds. The first-order valence-corrected chi connectivity index (χ1v) is 18.2. The number of hydrogen-bond acceptors (Lipinski definition) is 7. The van der Waals surface area contributed by atoms with Crippen molar-refractivity contribution in [1.82, 2.24) is 0 Å². The summed E-state index contributed by atoms with van der Waals surface area (Å²) >= 11 is 0. The zero-order chi connectivity index (χ0) is 33.6. The molecule has 0 saturated carbocycles. The van der Waals surface area contributed by atoms with Crippen LogP contribution in [0.3, 0.4) is 0 Å². The molecule has 0 N–H and O–H groups in total. The number of unbranched alkanes of at least 4 members (excludes halogenated alkanes) is 17. The average Bonchev–Trinajstić information content (AvgIpc) is 2.99. The number of aliphatic carboxylic acids is 1. The first-order chi connectivity index (χ1) is 21.6. The van der Waals surface area contributed by atoms with Gasteiger partial charge in [0.15, 0.2) is 6.10 Å². The van der Waals surface area contributed by atoms with E-state index in [0.29, 0.717) is 6.42 Å². The van der Waals surface area contributed by atoms with E-state index >= 15 is 0 Å². The third-order valence-corrected chi connectivity index (χ3v) is 8.21. The smallest absolute Gasteiger partial charge is 0.306 e. The Morgan fingerprint density at radius 1 is 0.667 bits per heavy atom. The fraction of sp³-hybridized carbons (Fsp3) is 0.865. The van der Waals surface area contributed by atoms with Crippen molar-refractivity contribution in [2.24, 2.45) is 0 Å². The van der Waals surface area contributed by atoms with Gasteiger partial charge in [-0.1, -0.05) is 116 Å². The number of rotatable bonds is 32. The Morgan fingerprint density at radius 3 is 1.62 bits per heavy atom. The predicted molar refractivity (Wildman–Crippen MR) is 181 cm³/mol. The van der Waals surface area contributed by atoms with E-state index in [4.69, 9.17) is 14.2 Å². The zero-order valence-corrected chi connectivity index (χ0v) is 29.8. The molecule has 8 nitrogen and oxygen atoms in total. The minimum atomic E-state index is -1.13. The lowest BCUT2D eigenvalue weighted by Crippen LogP contribution is -2.55. The van der Waals surface area contributed by atoms with Crippen molar-refractivity contribution < 1.29 is 38.2 Å². The molecule has 0 spiro atoms. The summed E-state index contributed by atoms with van der Waals surface area (Å²) in [6.07, 6.45) is 28.8. The summed E-state index contributed by atoms with van der Waals surface area (Å²) < 4.78 is 16.5. The van der Waals surface area contributed by atoms with Gasteiger partial charge in [0.2, 0.25) is 0 Å². The van der Waals surface area contributed by atoms with Crippen LogP contribution in [0, 0.1) is 0 Å². The molecule has 2 unspecified atom stereocenters. The molecule has 0 aliphatic carbocycles. The van der Waals surface area contributed by atoms with E-state index in [1.165, 1.54) is 103 Å². The molecule has 0 saturated heterocycles. The molecule has 0 rings (SSSR count). The quantitative estimate of drug-likeness (QED) is 0.0326. The lowest BCUT2D eigenvalue weighted by Gasteiger charge is -2.34. The Hall–Kier alpha value is -1.93. The van der Waals surface area contributed by atoms with Gasteiger partial charge in [-0.2, -0.15) is 0 Å². The van der Waals surface area contributed by atoms with Crippen molar-refractivity contribution in [1.29, 1.82) is 0 Å². The van der Waals surface area contributed by atoms with E-state index in [1.807, 2.05) is 0 Å². The van der Waals surface area contributed by atoms with Gasteiger partial charge in [0.1, 0.15) is 12.6 Å². The van der Waals surface area contributed by atoms with Crippen molar-refractivity contribution >= 4 is 17.9 Å². The van der Waals surface area contributed by atoms with Gasteiger partial charge in [0.05, 0.1) is 40.3 Å². The van der Waals surface area contributed by atoms with Crippen LogP contribution in [0.2, 0.25) is 0 Å². The molecular weight excluding hydrogens is 570 g/mol. The van der Waals surface area contributed by atoms with Gasteiger partial charge in [-0.05, 0) is 32.1 Å². The summed E-state index contributed by atoms with van der Waals surface area (Å²) in [6.45, 7) is 4.10. The molecule has 0 aromatic heterocycles. The van der Waals surface area contributed by atoms with Crippen LogP contribution in [-0.2, 0) is 28.6 Å². The van der Waals surface area contributed by atoms with Crippen molar-refractivity contribution in [3.63, 3.8) is 0 Å². The molecule has 0 aromatic rings. The van der Waals surface area contributed by atoms with Gasteiger partial charge in [-0.25, -0.2) is 0 Å². The van der Waals surface area contributed by atoms with Crippen LogP contribution in [-0.4, -0.2) is 75.5 Å². The second-order valence-electron chi connectivity index (χ2n) is 13.4. The fourth-order valence-electron chi connectivity index (χ4n) is 5.28. The van der Waals surface area contributed by atoms with E-state index in [-0.39, 0.29) is 49.1 Å². The highest BCUT2D eigenvalue weighted by atomic mass is 16.6. The van der Waals surface area contributed by atoms with E-state index in [1.54, 1.807) is 28.1 Å². The summed E-state index contributed by atoms with van der Waals surface area (Å²) in [5.41, 5.74) is 0. The van der Waals surface area contributed by atoms with Crippen LogP contribution in [0.5, 0.6) is 0 Å². The van der Waals surface area contributed by atoms with E-state index < -0.39 is 18.1 Å². The summed E-state index contributed by atoms with van der Waals surface area (Å²) in [7, 11) is 5.36. The summed E-state index contributed by atoms with van der Waals surface area (Å²) in [5.74, 6) is -1.84. The van der Waals surface area contributed by atoms with Crippen molar-refractivity contribution in [2.75, 3.05) is 41.0 Å². The van der Waals surface area contributed by atoms with Gasteiger partial charge in [-0.15, -0.1) is 0 Å². The lowest BCUT2D eigenvalue weighted by molar-refractivity contribution is -0.889. The monoisotopic (exact) mass is 640 g/mol. The van der Waals surface area contributed by atoms with Gasteiger partial charge in [0.25, 0.3) is 0 Å². The molecule has 0 aliphatic heterocycles. The minimum absolute atomic E-state index is 0.0369. The normalized spacial score (nSPS) is 13.2. The number of esters is 2. The Bertz CT molecular complexity index is 762. The third-order valence-electron chi connectivity index (χ3n) is 8.21. The third kappa shape index (κ3) is 28.1. The average molecular weight is 640 g/mol. The van der Waals surface area contributed by atoms with Crippen LogP contribution in [0.15, 0.2) is 12.2 Å². The molecule has 2 atom stereocenters. The lowest BCUT2D eigenvalue weighted by atomic mass is 10.1. The van der Waals surface area contributed by atoms with E-state index in [2.05, 4.69) is 19.1 Å². The second kappa shape index (κ2) is 29.5. The maximum Gasteiger partial charge on any atom is 0.306 e. The highest BCUT2D eigenvalue weighted by Crippen LogP contribution is 2.14. The maximum atomic E-state index is 12.4. The number of carboxylic acid groups (broad SMARTS) is 1. The van der Waals surface area contributed by atoms with Crippen LogP contribution in [0.1, 0.15) is 155 Å². The van der Waals surface area contributed by atoms with Crippen molar-refractivity contribution in [3.05, 3.63) is 12.2 Å². The molecule has 0 aliphatic rings. The largest absolute Gasteiger partial charge is 0.544 e. The Morgan fingerprint density at radius 2 is 1.16 bits per heavy atom. The molecule has 0 radical (unpaired) electrons. The number of carboxylic acids is 1. The van der Waals surface area contributed by atoms with Crippen molar-refractivity contribution in [3.8, 4) is 0 Å². The maximum absolute atomic E-state index is 12.4. The van der Waals surface area contributed by atoms with Gasteiger partial charge >= 0.3 is 11.9 Å². The number of ether oxygens (including phenoxy) is 3. The molecule has 8 heteroatoms. The SMILES string of the molecule is CCCCCCCCCC/C=C\CCCCCCCCCCCC(=O)OC(COCCC(C(=O)[O-])[N+](C)(C)C)COC(=O)CC. The van der Waals surface area contributed by atoms with Gasteiger partial charge < -0.3 is 28.6 Å². The number of allylic oxidation sites excluding steroid dienone is 2. The molecular formula is C37H69NO7. The Labute approximate surface area is 276 Å². The standard InChI is InChI=1S/C37H69NO7/c1-6-8-9-10-11-12-13-14-15-16-17-18-19-20-21-22-23-24-25-26-27-28-36(40)45-33(32-44-35(39)7-2)31-43-30-29-34(37(41)42)38(3,4)5/h16-17,33-34H,6-15,18-32H2,1-5H3/b17-16-. The van der Waals surface area contributed by atoms with Crippen LogP contribution < -0.4 is 5.11 Å². The number of likely N-dealkylation sites (N-methyl/N-ethyl adjacent to an activating group) is 1. The van der Waals surface area contributed by atoms with Crippen LogP contribution in [0.4, 0.5) is 0 Å². The molecule has 45 heavy (non-hydrogen) atoms. The van der Waals surface area contributed by atoms with Gasteiger partial charge in [-0.3, -0.25) is 9.59 Å². The number of carbonyl (C=O) groups is 3. The summed E-state index contributed by atoms with van der Waals surface area (Å²) in [4.78, 5) is 35.5. The predicted octanol–water partition coefficient (Wildman–Crippen LogP) is 7.46. The van der Waals surface area contributed by atoms with Gasteiger partial charge in [0, 0.05) is 19.3 Å². The topological polar surface area (TPSA) is 102 Å². The highest BCUT2D eigenvalue weighted by Gasteiger charge is 2.25. The molecule has 264 valence electrons. The van der Waals surface area contributed by atoms with E-state index in [9.17, 15) is 19.5 Å². The van der Waals surface area contributed by atoms with E-state index in [0.717, 1.165) is 19.3 Å². The Balaban J connectivity index is 3.89. The molecule has 0 heterocycles. The first kappa shape index (κ1) is 43.1. The second-order valence-corrected chi connectivity index (χ2v) is 13.4. The summed E-state index contributed by atoms with van der Waals surface area (Å²) in [5, 5.41) is 11.4. The molecule has 0 bridgehead atoms. The first-order valence-electron chi connectivity index (χ1n) is 18.2. The number of hydrogen-bond donors (Lipinski definition) is 0.